The quantitative estimate of drug-likeness (QED) is 0.821. The molecule has 3 rings (SSSR count). The highest BCUT2D eigenvalue weighted by Gasteiger charge is 2.29. The number of benzene rings is 2. The standard InChI is InChI=1S/C20H24Cl2N2/c1-14(2)19-13-24(12-11-23-19)20(15-3-7-17(21)8-4-15)16-5-9-18(22)10-6-16/h3-10,14,19-20,23H,11-13H2,1-2H3/t19-/m1/s1. The van der Waals surface area contributed by atoms with Crippen LogP contribution in [0.5, 0.6) is 0 Å². The summed E-state index contributed by atoms with van der Waals surface area (Å²) in [5.74, 6) is 0.615. The second kappa shape index (κ2) is 7.88. The topological polar surface area (TPSA) is 15.3 Å². The first-order valence-corrected chi connectivity index (χ1v) is 9.28. The third-order valence-electron chi connectivity index (χ3n) is 4.78. The highest BCUT2D eigenvalue weighted by Crippen LogP contribution is 2.31. The van der Waals surface area contributed by atoms with Crippen LogP contribution in [0.1, 0.15) is 31.0 Å². The molecule has 0 aliphatic carbocycles. The van der Waals surface area contributed by atoms with Gasteiger partial charge >= 0.3 is 0 Å². The van der Waals surface area contributed by atoms with E-state index in [9.17, 15) is 0 Å². The number of halogens is 2. The number of hydrogen-bond donors (Lipinski definition) is 1. The maximum absolute atomic E-state index is 6.09. The number of nitrogens with one attached hydrogen (secondary N) is 1. The molecule has 0 radical (unpaired) electrons. The lowest BCUT2D eigenvalue weighted by molar-refractivity contribution is 0.144. The van der Waals surface area contributed by atoms with Crippen LogP contribution in [0.3, 0.4) is 0 Å². The second-order valence-corrected chi connectivity index (χ2v) is 7.68. The molecule has 2 aromatic rings. The average molecular weight is 363 g/mol. The Balaban J connectivity index is 1.95. The first-order chi connectivity index (χ1) is 11.5. The predicted molar refractivity (Wildman–Crippen MR) is 103 cm³/mol. The Morgan fingerprint density at radius 2 is 1.42 bits per heavy atom. The van der Waals surface area contributed by atoms with Gasteiger partial charge in [0.2, 0.25) is 0 Å². The summed E-state index contributed by atoms with van der Waals surface area (Å²) in [6.07, 6.45) is 0. The SMILES string of the molecule is CC(C)[C@H]1CN(C(c2ccc(Cl)cc2)c2ccc(Cl)cc2)CCN1. The van der Waals surface area contributed by atoms with Crippen LogP contribution < -0.4 is 5.32 Å². The van der Waals surface area contributed by atoms with Gasteiger partial charge < -0.3 is 5.32 Å². The first kappa shape index (κ1) is 17.8. The molecular weight excluding hydrogens is 339 g/mol. The van der Waals surface area contributed by atoms with Crippen LogP contribution in [0.2, 0.25) is 10.0 Å². The normalized spacial score (nSPS) is 19.2. The minimum absolute atomic E-state index is 0.225. The third-order valence-corrected chi connectivity index (χ3v) is 5.28. The molecule has 1 N–H and O–H groups in total. The van der Waals surface area contributed by atoms with Gasteiger partial charge in [-0.3, -0.25) is 4.90 Å². The smallest absolute Gasteiger partial charge is 0.0602 e. The second-order valence-electron chi connectivity index (χ2n) is 6.81. The largest absolute Gasteiger partial charge is 0.311 e. The van der Waals surface area contributed by atoms with Gasteiger partial charge in [-0.2, -0.15) is 0 Å². The van der Waals surface area contributed by atoms with Crippen molar-refractivity contribution < 1.29 is 0 Å². The van der Waals surface area contributed by atoms with Gasteiger partial charge in [0.1, 0.15) is 0 Å². The molecule has 2 aromatic carbocycles. The third kappa shape index (κ3) is 4.12. The van der Waals surface area contributed by atoms with Crippen molar-refractivity contribution in [2.75, 3.05) is 19.6 Å². The van der Waals surface area contributed by atoms with Crippen LogP contribution in [0.25, 0.3) is 0 Å². The van der Waals surface area contributed by atoms with Crippen molar-refractivity contribution in [2.45, 2.75) is 25.9 Å². The zero-order valence-electron chi connectivity index (χ0n) is 14.2. The Hall–Kier alpha value is -1.06. The lowest BCUT2D eigenvalue weighted by atomic mass is 9.94. The molecule has 1 heterocycles. The summed E-state index contributed by atoms with van der Waals surface area (Å²) in [7, 11) is 0. The van der Waals surface area contributed by atoms with E-state index in [1.165, 1.54) is 11.1 Å². The van der Waals surface area contributed by atoms with E-state index >= 15 is 0 Å². The van der Waals surface area contributed by atoms with Gasteiger partial charge in [-0.1, -0.05) is 61.3 Å². The van der Waals surface area contributed by atoms with E-state index in [0.717, 1.165) is 29.7 Å². The van der Waals surface area contributed by atoms with Crippen LogP contribution in [0, 0.1) is 5.92 Å². The molecule has 2 nitrogen and oxygen atoms in total. The van der Waals surface area contributed by atoms with Crippen molar-refractivity contribution in [1.29, 1.82) is 0 Å². The number of hydrogen-bond acceptors (Lipinski definition) is 2. The van der Waals surface area contributed by atoms with Crippen molar-refractivity contribution >= 4 is 23.2 Å². The zero-order chi connectivity index (χ0) is 17.1. The first-order valence-electron chi connectivity index (χ1n) is 8.53. The van der Waals surface area contributed by atoms with Gasteiger partial charge in [0, 0.05) is 35.7 Å². The van der Waals surface area contributed by atoms with E-state index in [-0.39, 0.29) is 6.04 Å². The maximum Gasteiger partial charge on any atom is 0.0602 e. The molecule has 1 aliphatic rings. The summed E-state index contributed by atoms with van der Waals surface area (Å²) in [6.45, 7) is 7.63. The Morgan fingerprint density at radius 1 is 0.917 bits per heavy atom. The summed E-state index contributed by atoms with van der Waals surface area (Å²) in [6, 6.07) is 17.2. The zero-order valence-corrected chi connectivity index (χ0v) is 15.7. The summed E-state index contributed by atoms with van der Waals surface area (Å²) >= 11 is 12.2. The molecule has 0 bridgehead atoms. The van der Waals surface area contributed by atoms with Crippen molar-refractivity contribution in [1.82, 2.24) is 10.2 Å². The molecule has 1 aliphatic heterocycles. The molecule has 1 fully saturated rings. The Morgan fingerprint density at radius 3 is 1.88 bits per heavy atom. The highest BCUT2D eigenvalue weighted by atomic mass is 35.5. The van der Waals surface area contributed by atoms with Gasteiger partial charge in [0.25, 0.3) is 0 Å². The van der Waals surface area contributed by atoms with Crippen molar-refractivity contribution in [3.05, 3.63) is 69.7 Å². The molecule has 0 unspecified atom stereocenters. The summed E-state index contributed by atoms with van der Waals surface area (Å²) in [4.78, 5) is 2.56. The van der Waals surface area contributed by atoms with E-state index in [2.05, 4.69) is 48.3 Å². The van der Waals surface area contributed by atoms with E-state index in [4.69, 9.17) is 23.2 Å². The Kier molecular flexibility index (Phi) is 5.83. The monoisotopic (exact) mass is 362 g/mol. The highest BCUT2D eigenvalue weighted by molar-refractivity contribution is 6.30. The molecule has 1 saturated heterocycles. The van der Waals surface area contributed by atoms with E-state index < -0.39 is 0 Å². The number of piperazine rings is 1. The van der Waals surface area contributed by atoms with Gasteiger partial charge in [-0.05, 0) is 41.3 Å². The molecule has 1 atom stereocenters. The lowest BCUT2D eigenvalue weighted by Crippen LogP contribution is -2.53. The van der Waals surface area contributed by atoms with Crippen LogP contribution in [-0.4, -0.2) is 30.6 Å². The molecule has 0 amide bonds. The Bertz CT molecular complexity index is 607. The van der Waals surface area contributed by atoms with Crippen molar-refractivity contribution in [3.8, 4) is 0 Å². The molecule has 0 spiro atoms. The number of nitrogens with zero attached hydrogens (tertiary/aromatic N) is 1. The lowest BCUT2D eigenvalue weighted by Gasteiger charge is -2.40. The Labute approximate surface area is 154 Å². The van der Waals surface area contributed by atoms with Crippen LogP contribution in [0.15, 0.2) is 48.5 Å². The van der Waals surface area contributed by atoms with Gasteiger partial charge in [-0.15, -0.1) is 0 Å². The van der Waals surface area contributed by atoms with Crippen molar-refractivity contribution in [2.24, 2.45) is 5.92 Å². The summed E-state index contributed by atoms with van der Waals surface area (Å²) in [5.41, 5.74) is 2.54. The van der Waals surface area contributed by atoms with E-state index in [0.29, 0.717) is 12.0 Å². The summed E-state index contributed by atoms with van der Waals surface area (Å²) in [5, 5.41) is 5.19. The predicted octanol–water partition coefficient (Wildman–Crippen LogP) is 5.01. The van der Waals surface area contributed by atoms with Crippen LogP contribution in [0.4, 0.5) is 0 Å². The molecular formula is C20H24Cl2N2. The van der Waals surface area contributed by atoms with Crippen LogP contribution >= 0.6 is 23.2 Å². The minimum Gasteiger partial charge on any atom is -0.311 e. The molecule has 0 aromatic heterocycles. The minimum atomic E-state index is 0.225. The maximum atomic E-state index is 6.09. The fraction of sp³-hybridized carbons (Fsp3) is 0.400. The van der Waals surface area contributed by atoms with E-state index in [1.54, 1.807) is 0 Å². The van der Waals surface area contributed by atoms with Crippen molar-refractivity contribution in [3.63, 3.8) is 0 Å². The molecule has 0 saturated carbocycles. The van der Waals surface area contributed by atoms with E-state index in [1.807, 2.05) is 24.3 Å². The number of rotatable bonds is 4. The fourth-order valence-electron chi connectivity index (χ4n) is 3.39. The van der Waals surface area contributed by atoms with Gasteiger partial charge in [-0.25, -0.2) is 0 Å². The fourth-order valence-corrected chi connectivity index (χ4v) is 3.64. The molecule has 24 heavy (non-hydrogen) atoms. The van der Waals surface area contributed by atoms with Gasteiger partial charge in [0.15, 0.2) is 0 Å². The average Bonchev–Trinajstić information content (AvgIpc) is 2.59. The van der Waals surface area contributed by atoms with Crippen LogP contribution in [-0.2, 0) is 0 Å². The summed E-state index contributed by atoms with van der Waals surface area (Å²) < 4.78 is 0. The molecule has 128 valence electrons. The van der Waals surface area contributed by atoms with Gasteiger partial charge in [0.05, 0.1) is 6.04 Å². The molecule has 4 heteroatoms.